The van der Waals surface area contributed by atoms with Gasteiger partial charge in [0, 0.05) is 18.9 Å². The average molecular weight is 573 g/mol. The number of rotatable bonds is 7. The maximum absolute atomic E-state index is 13.8. The maximum Gasteiger partial charge on any atom is 0.417 e. The highest BCUT2D eigenvalue weighted by molar-refractivity contribution is 7.80. The van der Waals surface area contributed by atoms with Gasteiger partial charge in [-0.3, -0.25) is 14.7 Å². The lowest BCUT2D eigenvalue weighted by molar-refractivity contribution is -0.137. The Kier molecular flexibility index (Phi) is 7.87. The van der Waals surface area contributed by atoms with Gasteiger partial charge in [0.1, 0.15) is 17.4 Å². The van der Waals surface area contributed by atoms with Crippen molar-refractivity contribution in [2.75, 3.05) is 18.1 Å². The molecule has 2 heterocycles. The lowest BCUT2D eigenvalue weighted by Crippen LogP contribution is -2.44. The molecule has 1 aliphatic heterocycles. The molecule has 0 N–H and O–H groups in total. The molecule has 0 saturated carbocycles. The third kappa shape index (κ3) is 5.42. The van der Waals surface area contributed by atoms with Crippen LogP contribution in [-0.4, -0.2) is 39.6 Å². The van der Waals surface area contributed by atoms with Gasteiger partial charge in [-0.05, 0) is 92.5 Å². The van der Waals surface area contributed by atoms with E-state index >= 15 is 0 Å². The van der Waals surface area contributed by atoms with Crippen LogP contribution < -0.4 is 9.64 Å². The standard InChI is InChI=1S/C28H24ClF3N4O2S/c1-17-23(8-5-19(16-33)24(17)29)36-25(37)27(2,3)35(26(36)39)13-4-14-38-20-6-7-21(18-9-11-34-12-10-18)22(15-20)28(30,31)32/h5-12,15H,4,13-14H2,1-3H3. The molecule has 0 atom stereocenters. The van der Waals surface area contributed by atoms with Crippen molar-refractivity contribution >= 4 is 40.5 Å². The van der Waals surface area contributed by atoms with Gasteiger partial charge in [-0.15, -0.1) is 0 Å². The molecule has 2 aromatic carbocycles. The number of nitrogens with zero attached hydrogens (tertiary/aromatic N) is 4. The molecular formula is C28H24ClF3N4O2S. The predicted molar refractivity (Wildman–Crippen MR) is 147 cm³/mol. The molecular weight excluding hydrogens is 549 g/mol. The summed E-state index contributed by atoms with van der Waals surface area (Å²) in [4.78, 5) is 20.4. The molecule has 3 aromatic rings. The normalized spacial score (nSPS) is 15.0. The van der Waals surface area contributed by atoms with Crippen LogP contribution >= 0.6 is 23.8 Å². The summed E-state index contributed by atoms with van der Waals surface area (Å²) in [6.45, 7) is 5.65. The van der Waals surface area contributed by atoms with E-state index in [-0.39, 0.29) is 34.0 Å². The lowest BCUT2D eigenvalue weighted by atomic mass is 10.00. The fourth-order valence-electron chi connectivity index (χ4n) is 4.47. The van der Waals surface area contributed by atoms with Crippen LogP contribution in [0.1, 0.15) is 37.0 Å². The molecule has 0 bridgehead atoms. The van der Waals surface area contributed by atoms with Gasteiger partial charge in [0.25, 0.3) is 5.91 Å². The van der Waals surface area contributed by atoms with E-state index in [1.54, 1.807) is 37.8 Å². The first-order chi connectivity index (χ1) is 18.4. The van der Waals surface area contributed by atoms with Gasteiger partial charge < -0.3 is 9.64 Å². The molecule has 1 saturated heterocycles. The Hall–Kier alpha value is -3.68. The summed E-state index contributed by atoms with van der Waals surface area (Å²) in [5, 5.41) is 9.76. The molecule has 0 radical (unpaired) electrons. The van der Waals surface area contributed by atoms with Crippen molar-refractivity contribution in [2.24, 2.45) is 0 Å². The van der Waals surface area contributed by atoms with Crippen LogP contribution in [0.4, 0.5) is 18.9 Å². The number of carbonyl (C=O) groups is 1. The van der Waals surface area contributed by atoms with E-state index in [1.165, 1.54) is 41.6 Å². The number of aromatic nitrogens is 1. The Morgan fingerprint density at radius 1 is 1.15 bits per heavy atom. The zero-order chi connectivity index (χ0) is 28.5. The van der Waals surface area contributed by atoms with Crippen molar-refractivity contribution in [3.05, 3.63) is 76.6 Å². The van der Waals surface area contributed by atoms with E-state index < -0.39 is 17.3 Å². The number of amides is 1. The van der Waals surface area contributed by atoms with Crippen molar-refractivity contribution < 1.29 is 22.7 Å². The summed E-state index contributed by atoms with van der Waals surface area (Å²) in [6.07, 6.45) is -1.30. The minimum atomic E-state index is -4.57. The SMILES string of the molecule is Cc1c(N2C(=O)C(C)(C)N(CCCOc3ccc(-c4ccncc4)c(C(F)(F)F)c3)C2=S)ccc(C#N)c1Cl. The third-order valence-electron chi connectivity index (χ3n) is 6.63. The Labute approximate surface area is 234 Å². The zero-order valence-electron chi connectivity index (χ0n) is 21.3. The summed E-state index contributed by atoms with van der Waals surface area (Å²) in [7, 11) is 0. The van der Waals surface area contributed by atoms with E-state index in [1.807, 2.05) is 6.07 Å². The number of halogens is 4. The van der Waals surface area contributed by atoms with Gasteiger partial charge >= 0.3 is 6.18 Å². The summed E-state index contributed by atoms with van der Waals surface area (Å²) in [5.41, 5.74) is 0.0224. The van der Waals surface area contributed by atoms with Crippen molar-refractivity contribution in [3.8, 4) is 22.9 Å². The molecule has 202 valence electrons. The highest BCUT2D eigenvalue weighted by atomic mass is 35.5. The molecule has 4 rings (SSSR count). The van der Waals surface area contributed by atoms with E-state index in [9.17, 15) is 23.2 Å². The molecule has 6 nitrogen and oxygen atoms in total. The van der Waals surface area contributed by atoms with Crippen LogP contribution in [0.5, 0.6) is 5.75 Å². The minimum absolute atomic E-state index is 0.0400. The lowest BCUT2D eigenvalue weighted by Gasteiger charge is -2.29. The van der Waals surface area contributed by atoms with E-state index in [2.05, 4.69) is 4.98 Å². The maximum atomic E-state index is 13.8. The van der Waals surface area contributed by atoms with Gasteiger partial charge in [0.2, 0.25) is 0 Å². The first-order valence-electron chi connectivity index (χ1n) is 12.0. The minimum Gasteiger partial charge on any atom is -0.494 e. The number of pyridine rings is 1. The summed E-state index contributed by atoms with van der Waals surface area (Å²) < 4.78 is 47.0. The second-order valence-corrected chi connectivity index (χ2v) is 10.2. The molecule has 1 fully saturated rings. The molecule has 0 unspecified atom stereocenters. The Bertz CT molecular complexity index is 1470. The molecule has 39 heavy (non-hydrogen) atoms. The predicted octanol–water partition coefficient (Wildman–Crippen LogP) is 6.78. The number of alkyl halides is 3. The summed E-state index contributed by atoms with van der Waals surface area (Å²) in [5.74, 6) is -0.164. The van der Waals surface area contributed by atoms with Crippen LogP contribution in [0.3, 0.4) is 0 Å². The largest absolute Gasteiger partial charge is 0.494 e. The summed E-state index contributed by atoms with van der Waals surface area (Å²) >= 11 is 12.0. The second kappa shape index (κ2) is 10.8. The van der Waals surface area contributed by atoms with E-state index in [0.717, 1.165) is 6.07 Å². The first-order valence-corrected chi connectivity index (χ1v) is 12.8. The van der Waals surface area contributed by atoms with Crippen molar-refractivity contribution in [2.45, 2.75) is 38.9 Å². The molecule has 0 aliphatic carbocycles. The topological polar surface area (TPSA) is 69.5 Å². The first kappa shape index (κ1) is 28.3. The van der Waals surface area contributed by atoms with Crippen LogP contribution in [0.15, 0.2) is 54.9 Å². The van der Waals surface area contributed by atoms with Crippen LogP contribution in [0.25, 0.3) is 11.1 Å². The Morgan fingerprint density at radius 2 is 1.85 bits per heavy atom. The number of nitriles is 1. The second-order valence-electron chi connectivity index (χ2n) is 9.46. The zero-order valence-corrected chi connectivity index (χ0v) is 22.9. The number of ether oxygens (including phenoxy) is 1. The van der Waals surface area contributed by atoms with Crippen molar-refractivity contribution in [1.29, 1.82) is 5.26 Å². The summed E-state index contributed by atoms with van der Waals surface area (Å²) in [6, 6.07) is 12.1. The number of hydrogen-bond donors (Lipinski definition) is 0. The fourth-order valence-corrected chi connectivity index (χ4v) is 5.17. The van der Waals surface area contributed by atoms with Crippen molar-refractivity contribution in [3.63, 3.8) is 0 Å². The van der Waals surface area contributed by atoms with Gasteiger partial charge in [0.15, 0.2) is 5.11 Å². The third-order valence-corrected chi connectivity index (χ3v) is 7.52. The Morgan fingerprint density at radius 3 is 2.49 bits per heavy atom. The fraction of sp³-hybridized carbons (Fsp3) is 0.286. The van der Waals surface area contributed by atoms with Crippen LogP contribution in [0.2, 0.25) is 5.02 Å². The highest BCUT2D eigenvalue weighted by Gasteiger charge is 2.49. The van der Waals surface area contributed by atoms with Crippen LogP contribution in [0, 0.1) is 18.3 Å². The molecule has 1 aliphatic rings. The number of carbonyl (C=O) groups excluding carboxylic acids is 1. The van der Waals surface area contributed by atoms with E-state index in [4.69, 9.17) is 28.6 Å². The van der Waals surface area contributed by atoms with Gasteiger partial charge in [0.05, 0.1) is 28.4 Å². The highest BCUT2D eigenvalue weighted by Crippen LogP contribution is 2.40. The van der Waals surface area contributed by atoms with Gasteiger partial charge in [-0.2, -0.15) is 18.4 Å². The number of benzene rings is 2. The molecule has 0 spiro atoms. The van der Waals surface area contributed by atoms with E-state index in [0.29, 0.717) is 35.3 Å². The molecule has 1 aromatic heterocycles. The average Bonchev–Trinajstić information content (AvgIpc) is 3.07. The monoisotopic (exact) mass is 572 g/mol. The molecule has 11 heteroatoms. The van der Waals surface area contributed by atoms with Crippen LogP contribution in [-0.2, 0) is 11.0 Å². The smallest absolute Gasteiger partial charge is 0.417 e. The molecule has 1 amide bonds. The van der Waals surface area contributed by atoms with Crippen molar-refractivity contribution in [1.82, 2.24) is 9.88 Å². The quantitative estimate of drug-likeness (QED) is 0.230. The van der Waals surface area contributed by atoms with Gasteiger partial charge in [-0.25, -0.2) is 0 Å². The van der Waals surface area contributed by atoms with Gasteiger partial charge in [-0.1, -0.05) is 17.7 Å². The Balaban J connectivity index is 1.47. The number of anilines is 1. The number of hydrogen-bond acceptors (Lipinski definition) is 5. The number of thiocarbonyl (C=S) groups is 1.